The van der Waals surface area contributed by atoms with Gasteiger partial charge in [0, 0.05) is 15.7 Å². The Hall–Kier alpha value is -1.21. The molecule has 3 N–H and O–H groups in total. The van der Waals surface area contributed by atoms with Gasteiger partial charge in [0.25, 0.3) is 0 Å². The number of halogens is 3. The lowest BCUT2D eigenvalue weighted by molar-refractivity contribution is -0.168. The van der Waals surface area contributed by atoms with Crippen LogP contribution in [0.1, 0.15) is 19.4 Å². The number of hydrogen-bond acceptors (Lipinski definition) is 2. The molecule has 0 spiro atoms. The van der Waals surface area contributed by atoms with Gasteiger partial charge in [0.1, 0.15) is 5.60 Å². The molecular formula is C11H12BrF2NO3. The van der Waals surface area contributed by atoms with Gasteiger partial charge in [-0.3, -0.25) is 5.32 Å². The van der Waals surface area contributed by atoms with Crippen LogP contribution in [0.5, 0.6) is 0 Å². The summed E-state index contributed by atoms with van der Waals surface area (Å²) in [5, 5.41) is 20.0. The predicted octanol–water partition coefficient (Wildman–Crippen LogP) is 3.40. The van der Waals surface area contributed by atoms with Crippen LogP contribution in [-0.2, 0) is 5.92 Å². The lowest BCUT2D eigenvalue weighted by Crippen LogP contribution is -2.40. The smallest absolute Gasteiger partial charge is 0.409 e. The number of rotatable bonds is 3. The highest BCUT2D eigenvalue weighted by Crippen LogP contribution is 2.40. The molecule has 0 heterocycles. The molecule has 0 radical (unpaired) electrons. The van der Waals surface area contributed by atoms with E-state index in [0.717, 1.165) is 26.0 Å². The summed E-state index contributed by atoms with van der Waals surface area (Å²) in [6.07, 6.45) is -1.36. The number of benzene rings is 1. The third-order valence-corrected chi connectivity index (χ3v) is 2.74. The summed E-state index contributed by atoms with van der Waals surface area (Å²) >= 11 is 3.01. The Morgan fingerprint density at radius 2 is 1.89 bits per heavy atom. The molecule has 1 aromatic carbocycles. The van der Waals surface area contributed by atoms with Crippen molar-refractivity contribution >= 4 is 27.7 Å². The second-order valence-corrected chi connectivity index (χ2v) is 5.21. The number of carbonyl (C=O) groups is 1. The van der Waals surface area contributed by atoms with E-state index in [1.54, 1.807) is 0 Å². The number of aliphatic hydroxyl groups is 1. The van der Waals surface area contributed by atoms with Crippen LogP contribution < -0.4 is 5.32 Å². The zero-order valence-corrected chi connectivity index (χ0v) is 11.3. The van der Waals surface area contributed by atoms with Crippen molar-refractivity contribution in [2.75, 3.05) is 5.32 Å². The molecule has 0 aromatic heterocycles. The molecule has 0 bridgehead atoms. The first-order valence-electron chi connectivity index (χ1n) is 4.95. The number of carboxylic acid groups (broad SMARTS) is 1. The molecule has 18 heavy (non-hydrogen) atoms. The van der Waals surface area contributed by atoms with E-state index in [9.17, 15) is 18.7 Å². The minimum atomic E-state index is -3.51. The summed E-state index contributed by atoms with van der Waals surface area (Å²) in [6.45, 7) is 1.97. The van der Waals surface area contributed by atoms with Crippen LogP contribution in [0.4, 0.5) is 19.3 Å². The average molecular weight is 324 g/mol. The molecule has 1 rings (SSSR count). The van der Waals surface area contributed by atoms with E-state index in [1.165, 1.54) is 6.07 Å². The van der Waals surface area contributed by atoms with E-state index in [1.807, 2.05) is 5.32 Å². The Kier molecular flexibility index (Phi) is 3.97. The number of amides is 1. The minimum absolute atomic E-state index is 0.00389. The number of nitrogens with one attached hydrogen (secondary N) is 1. The Bertz CT molecular complexity index is 472. The molecule has 0 aliphatic rings. The van der Waals surface area contributed by atoms with Crippen molar-refractivity contribution in [3.63, 3.8) is 0 Å². The number of hydrogen-bond donors (Lipinski definition) is 3. The Morgan fingerprint density at radius 3 is 2.33 bits per heavy atom. The fraction of sp³-hybridized carbons (Fsp3) is 0.364. The largest absolute Gasteiger partial charge is 0.465 e. The first-order chi connectivity index (χ1) is 8.04. The summed E-state index contributed by atoms with van der Waals surface area (Å²) in [4.78, 5) is 10.5. The van der Waals surface area contributed by atoms with E-state index in [-0.39, 0.29) is 10.2 Å². The Morgan fingerprint density at radius 1 is 1.33 bits per heavy atom. The molecule has 0 aliphatic heterocycles. The SMILES string of the molecule is CC(C)(O)C(F)(F)c1cc(Br)cc(NC(=O)O)c1. The van der Waals surface area contributed by atoms with Gasteiger partial charge in [0.2, 0.25) is 0 Å². The molecule has 100 valence electrons. The quantitative estimate of drug-likeness (QED) is 0.798. The van der Waals surface area contributed by atoms with Crippen LogP contribution in [0.25, 0.3) is 0 Å². The molecule has 4 nitrogen and oxygen atoms in total. The van der Waals surface area contributed by atoms with E-state index >= 15 is 0 Å². The maximum absolute atomic E-state index is 13.9. The van der Waals surface area contributed by atoms with Gasteiger partial charge < -0.3 is 10.2 Å². The monoisotopic (exact) mass is 323 g/mol. The minimum Gasteiger partial charge on any atom is -0.465 e. The van der Waals surface area contributed by atoms with Crippen LogP contribution in [0.3, 0.4) is 0 Å². The van der Waals surface area contributed by atoms with Gasteiger partial charge in [-0.1, -0.05) is 15.9 Å². The summed E-state index contributed by atoms with van der Waals surface area (Å²) in [5.41, 5.74) is -2.74. The van der Waals surface area contributed by atoms with Crippen molar-refractivity contribution < 1.29 is 23.8 Å². The second kappa shape index (κ2) is 4.81. The van der Waals surface area contributed by atoms with Crippen molar-refractivity contribution in [3.8, 4) is 0 Å². The molecule has 0 aliphatic carbocycles. The van der Waals surface area contributed by atoms with Crippen molar-refractivity contribution in [1.29, 1.82) is 0 Å². The van der Waals surface area contributed by atoms with Crippen LogP contribution >= 0.6 is 15.9 Å². The first-order valence-corrected chi connectivity index (χ1v) is 5.74. The third kappa shape index (κ3) is 3.17. The molecule has 1 aromatic rings. The molecule has 0 fully saturated rings. The lowest BCUT2D eigenvalue weighted by atomic mass is 9.93. The highest BCUT2D eigenvalue weighted by Gasteiger charge is 2.47. The Balaban J connectivity index is 3.25. The maximum atomic E-state index is 13.9. The zero-order valence-electron chi connectivity index (χ0n) is 9.67. The fourth-order valence-corrected chi connectivity index (χ4v) is 1.81. The van der Waals surface area contributed by atoms with Gasteiger partial charge in [-0.2, -0.15) is 8.78 Å². The molecule has 7 heteroatoms. The highest BCUT2D eigenvalue weighted by atomic mass is 79.9. The molecule has 0 atom stereocenters. The second-order valence-electron chi connectivity index (χ2n) is 4.29. The fourth-order valence-electron chi connectivity index (χ4n) is 1.32. The van der Waals surface area contributed by atoms with Gasteiger partial charge in [-0.15, -0.1) is 0 Å². The molecular weight excluding hydrogens is 312 g/mol. The van der Waals surface area contributed by atoms with Crippen molar-refractivity contribution in [2.45, 2.75) is 25.4 Å². The molecule has 0 saturated carbocycles. The maximum Gasteiger partial charge on any atom is 0.409 e. The number of anilines is 1. The van der Waals surface area contributed by atoms with Gasteiger partial charge in [-0.25, -0.2) is 4.79 Å². The van der Waals surface area contributed by atoms with Gasteiger partial charge >= 0.3 is 12.0 Å². The van der Waals surface area contributed by atoms with E-state index < -0.39 is 23.2 Å². The summed E-state index contributed by atoms with van der Waals surface area (Å²) in [6, 6.07) is 3.46. The average Bonchev–Trinajstić information content (AvgIpc) is 2.13. The van der Waals surface area contributed by atoms with Crippen molar-refractivity contribution in [1.82, 2.24) is 0 Å². The van der Waals surface area contributed by atoms with Crippen LogP contribution in [0, 0.1) is 0 Å². The predicted molar refractivity (Wildman–Crippen MR) is 66.0 cm³/mol. The van der Waals surface area contributed by atoms with E-state index in [4.69, 9.17) is 5.11 Å². The van der Waals surface area contributed by atoms with Crippen molar-refractivity contribution in [3.05, 3.63) is 28.2 Å². The zero-order chi connectivity index (χ0) is 14.1. The lowest BCUT2D eigenvalue weighted by Gasteiger charge is -2.29. The Labute approximate surface area is 111 Å². The topological polar surface area (TPSA) is 69.6 Å². The summed E-state index contributed by atoms with van der Waals surface area (Å²) in [7, 11) is 0. The highest BCUT2D eigenvalue weighted by molar-refractivity contribution is 9.10. The van der Waals surface area contributed by atoms with Crippen LogP contribution in [0.15, 0.2) is 22.7 Å². The van der Waals surface area contributed by atoms with Gasteiger partial charge in [-0.05, 0) is 32.0 Å². The van der Waals surface area contributed by atoms with Crippen LogP contribution in [0.2, 0.25) is 0 Å². The first kappa shape index (κ1) is 14.8. The summed E-state index contributed by atoms with van der Waals surface area (Å²) in [5.74, 6) is -3.51. The van der Waals surface area contributed by atoms with E-state index in [0.29, 0.717) is 0 Å². The van der Waals surface area contributed by atoms with Crippen molar-refractivity contribution in [2.24, 2.45) is 0 Å². The van der Waals surface area contributed by atoms with Gasteiger partial charge in [0.05, 0.1) is 0 Å². The van der Waals surface area contributed by atoms with Gasteiger partial charge in [0.15, 0.2) is 0 Å². The molecule has 0 saturated heterocycles. The molecule has 1 amide bonds. The third-order valence-electron chi connectivity index (χ3n) is 2.28. The summed E-state index contributed by atoms with van der Waals surface area (Å²) < 4.78 is 28.1. The molecule has 0 unspecified atom stereocenters. The normalized spacial score (nSPS) is 12.3. The van der Waals surface area contributed by atoms with E-state index in [2.05, 4.69) is 15.9 Å². The number of alkyl halides is 2. The standard InChI is InChI=1S/C11H12BrF2NO3/c1-10(2,18)11(13,14)6-3-7(12)5-8(4-6)15-9(16)17/h3-5,15,18H,1-2H3,(H,16,17). The van der Waals surface area contributed by atoms with Crippen LogP contribution in [-0.4, -0.2) is 21.9 Å².